The van der Waals surface area contributed by atoms with Gasteiger partial charge in [-0.3, -0.25) is 9.69 Å². The van der Waals surface area contributed by atoms with E-state index in [0.717, 1.165) is 16.8 Å². The van der Waals surface area contributed by atoms with Crippen molar-refractivity contribution in [2.45, 2.75) is 13.8 Å². The smallest absolute Gasteiger partial charge is 0.340 e. The molecule has 0 unspecified atom stereocenters. The van der Waals surface area contributed by atoms with Crippen LogP contribution >= 0.6 is 0 Å². The summed E-state index contributed by atoms with van der Waals surface area (Å²) in [6, 6.07) is 17.1. The van der Waals surface area contributed by atoms with E-state index in [2.05, 4.69) is 0 Å². The standard InChI is InChI=1S/C21H19NO3/c1-14-9-11-17(12-10-14)22-15(2)19(21(24)25-3)18(20(22)23)13-16-7-5-4-6-8-16/h4-13H,1-3H3/b18-13-. The second-order valence-electron chi connectivity index (χ2n) is 5.90. The van der Waals surface area contributed by atoms with E-state index < -0.39 is 5.97 Å². The molecule has 126 valence electrons. The lowest BCUT2D eigenvalue weighted by atomic mass is 10.0. The molecule has 4 nitrogen and oxygen atoms in total. The third-order valence-corrected chi connectivity index (χ3v) is 4.19. The maximum atomic E-state index is 13.0. The molecule has 1 aliphatic rings. The summed E-state index contributed by atoms with van der Waals surface area (Å²) < 4.78 is 4.91. The molecule has 1 amide bonds. The molecule has 3 rings (SSSR count). The topological polar surface area (TPSA) is 46.6 Å². The molecule has 4 heteroatoms. The van der Waals surface area contributed by atoms with Crippen LogP contribution in [0.2, 0.25) is 0 Å². The zero-order chi connectivity index (χ0) is 18.0. The molecular formula is C21H19NO3. The van der Waals surface area contributed by atoms with Gasteiger partial charge in [-0.2, -0.15) is 0 Å². The first kappa shape index (κ1) is 16.7. The average Bonchev–Trinajstić information content (AvgIpc) is 2.86. The molecule has 0 spiro atoms. The molecular weight excluding hydrogens is 314 g/mol. The van der Waals surface area contributed by atoms with E-state index in [-0.39, 0.29) is 5.91 Å². The van der Waals surface area contributed by atoms with Gasteiger partial charge in [-0.05, 0) is 37.6 Å². The average molecular weight is 333 g/mol. The minimum atomic E-state index is -0.511. The van der Waals surface area contributed by atoms with E-state index >= 15 is 0 Å². The van der Waals surface area contributed by atoms with E-state index in [9.17, 15) is 9.59 Å². The van der Waals surface area contributed by atoms with Crippen molar-refractivity contribution in [3.8, 4) is 0 Å². The minimum absolute atomic E-state index is 0.231. The number of ether oxygens (including phenoxy) is 1. The van der Waals surface area contributed by atoms with Gasteiger partial charge in [0.15, 0.2) is 0 Å². The third-order valence-electron chi connectivity index (χ3n) is 4.19. The predicted octanol–water partition coefficient (Wildman–Crippen LogP) is 3.87. The van der Waals surface area contributed by atoms with E-state index in [1.165, 1.54) is 7.11 Å². The molecule has 1 heterocycles. The van der Waals surface area contributed by atoms with Gasteiger partial charge in [-0.15, -0.1) is 0 Å². The Morgan fingerprint density at radius 1 is 1.00 bits per heavy atom. The maximum absolute atomic E-state index is 13.0. The van der Waals surface area contributed by atoms with Gasteiger partial charge in [0.25, 0.3) is 5.91 Å². The van der Waals surface area contributed by atoms with E-state index in [4.69, 9.17) is 4.74 Å². The zero-order valence-corrected chi connectivity index (χ0v) is 14.4. The normalized spacial score (nSPS) is 15.9. The summed E-state index contributed by atoms with van der Waals surface area (Å²) in [5, 5.41) is 0. The molecule has 0 bridgehead atoms. The predicted molar refractivity (Wildman–Crippen MR) is 97.8 cm³/mol. The lowest BCUT2D eigenvalue weighted by Crippen LogP contribution is -2.24. The molecule has 0 N–H and O–H groups in total. The SMILES string of the molecule is COC(=O)C1=C(C)N(c2ccc(C)cc2)C(=O)/C1=C\c1ccccc1. The van der Waals surface area contributed by atoms with Gasteiger partial charge in [0.2, 0.25) is 0 Å². The van der Waals surface area contributed by atoms with Crippen molar-refractivity contribution in [2.75, 3.05) is 12.0 Å². The number of hydrogen-bond donors (Lipinski definition) is 0. The lowest BCUT2D eigenvalue weighted by molar-refractivity contribution is -0.136. The monoisotopic (exact) mass is 333 g/mol. The number of nitrogens with zero attached hydrogens (tertiary/aromatic N) is 1. The van der Waals surface area contributed by atoms with Gasteiger partial charge < -0.3 is 4.74 Å². The molecule has 2 aromatic rings. The van der Waals surface area contributed by atoms with E-state index in [1.807, 2.05) is 61.5 Å². The molecule has 0 aliphatic carbocycles. The Bertz CT molecular complexity index is 877. The highest BCUT2D eigenvalue weighted by atomic mass is 16.5. The van der Waals surface area contributed by atoms with Gasteiger partial charge in [0, 0.05) is 11.4 Å². The number of anilines is 1. The van der Waals surface area contributed by atoms with Crippen LogP contribution in [0.5, 0.6) is 0 Å². The van der Waals surface area contributed by atoms with Crippen LogP contribution in [0, 0.1) is 6.92 Å². The van der Waals surface area contributed by atoms with Crippen LogP contribution in [0.1, 0.15) is 18.1 Å². The van der Waals surface area contributed by atoms with Crippen molar-refractivity contribution in [3.63, 3.8) is 0 Å². The number of hydrogen-bond acceptors (Lipinski definition) is 3. The maximum Gasteiger partial charge on any atom is 0.340 e. The molecule has 0 saturated heterocycles. The molecule has 2 aromatic carbocycles. The second kappa shape index (κ2) is 6.77. The van der Waals surface area contributed by atoms with E-state index in [1.54, 1.807) is 17.9 Å². The number of allylic oxidation sites excluding steroid dienone is 1. The molecule has 25 heavy (non-hydrogen) atoms. The summed E-state index contributed by atoms with van der Waals surface area (Å²) in [5.41, 5.74) is 3.90. The number of carbonyl (C=O) groups excluding carboxylic acids is 2. The number of methoxy groups -OCH3 is 1. The molecule has 0 atom stereocenters. The lowest BCUT2D eigenvalue weighted by Gasteiger charge is -2.18. The second-order valence-corrected chi connectivity index (χ2v) is 5.90. The third kappa shape index (κ3) is 3.11. The number of amides is 1. The minimum Gasteiger partial charge on any atom is -0.465 e. The van der Waals surface area contributed by atoms with Crippen molar-refractivity contribution < 1.29 is 14.3 Å². The molecule has 0 aromatic heterocycles. The molecule has 1 aliphatic heterocycles. The number of rotatable bonds is 3. The van der Waals surface area contributed by atoms with Crippen LogP contribution in [0.25, 0.3) is 6.08 Å². The van der Waals surface area contributed by atoms with Crippen molar-refractivity contribution >= 4 is 23.6 Å². The van der Waals surface area contributed by atoms with Crippen molar-refractivity contribution in [1.29, 1.82) is 0 Å². The first-order valence-electron chi connectivity index (χ1n) is 8.00. The van der Waals surface area contributed by atoms with Gasteiger partial charge in [-0.1, -0.05) is 48.0 Å². The summed E-state index contributed by atoms with van der Waals surface area (Å²) >= 11 is 0. The van der Waals surface area contributed by atoms with Crippen molar-refractivity contribution in [3.05, 3.63) is 82.6 Å². The fraction of sp³-hybridized carbons (Fsp3) is 0.143. The number of carbonyl (C=O) groups is 2. The number of aryl methyl sites for hydroxylation is 1. The number of benzene rings is 2. The van der Waals surface area contributed by atoms with Crippen molar-refractivity contribution in [2.24, 2.45) is 0 Å². The van der Waals surface area contributed by atoms with Crippen LogP contribution in [-0.4, -0.2) is 19.0 Å². The van der Waals surface area contributed by atoms with Gasteiger partial charge in [0.1, 0.15) is 0 Å². The fourth-order valence-electron chi connectivity index (χ4n) is 2.90. The molecule has 0 radical (unpaired) electrons. The Kier molecular flexibility index (Phi) is 4.52. The molecule has 0 saturated carbocycles. The van der Waals surface area contributed by atoms with Crippen LogP contribution in [-0.2, 0) is 14.3 Å². The number of esters is 1. The van der Waals surface area contributed by atoms with Crippen LogP contribution in [0.15, 0.2) is 71.4 Å². The summed E-state index contributed by atoms with van der Waals surface area (Å²) in [6.45, 7) is 3.74. The first-order valence-corrected chi connectivity index (χ1v) is 8.00. The molecule has 0 fully saturated rings. The van der Waals surface area contributed by atoms with Crippen molar-refractivity contribution in [1.82, 2.24) is 0 Å². The highest BCUT2D eigenvalue weighted by molar-refractivity contribution is 6.23. The quantitative estimate of drug-likeness (QED) is 0.633. The summed E-state index contributed by atoms with van der Waals surface area (Å²) in [5.74, 6) is -0.742. The highest BCUT2D eigenvalue weighted by Crippen LogP contribution is 2.35. The van der Waals surface area contributed by atoms with E-state index in [0.29, 0.717) is 16.8 Å². The Hall–Kier alpha value is -3.14. The summed E-state index contributed by atoms with van der Waals surface area (Å²) in [4.78, 5) is 26.9. The van der Waals surface area contributed by atoms with Crippen LogP contribution in [0.4, 0.5) is 5.69 Å². The van der Waals surface area contributed by atoms with Gasteiger partial charge in [-0.25, -0.2) is 4.79 Å². The highest BCUT2D eigenvalue weighted by Gasteiger charge is 2.37. The van der Waals surface area contributed by atoms with Crippen LogP contribution in [0.3, 0.4) is 0 Å². The fourth-order valence-corrected chi connectivity index (χ4v) is 2.90. The Labute approximate surface area is 147 Å². The Morgan fingerprint density at radius 2 is 1.64 bits per heavy atom. The van der Waals surface area contributed by atoms with Gasteiger partial charge in [0.05, 0.1) is 18.3 Å². The zero-order valence-electron chi connectivity index (χ0n) is 14.4. The Balaban J connectivity index is 2.13. The van der Waals surface area contributed by atoms with Crippen LogP contribution < -0.4 is 4.90 Å². The largest absolute Gasteiger partial charge is 0.465 e. The first-order chi connectivity index (χ1) is 12.0. The summed E-state index contributed by atoms with van der Waals surface area (Å²) in [6.07, 6.45) is 1.73. The van der Waals surface area contributed by atoms with Gasteiger partial charge >= 0.3 is 5.97 Å². The Morgan fingerprint density at radius 3 is 2.24 bits per heavy atom. The summed E-state index contributed by atoms with van der Waals surface area (Å²) in [7, 11) is 1.32.